The Balaban J connectivity index is 1.82. The molecule has 7 heteroatoms. The van der Waals surface area contributed by atoms with E-state index in [1.807, 2.05) is 0 Å². The van der Waals surface area contributed by atoms with Gasteiger partial charge in [0.2, 0.25) is 0 Å². The molecule has 0 heterocycles. The zero-order valence-corrected chi connectivity index (χ0v) is 16.4. The molecular formula is C21H18ClNO4S. The molecule has 0 saturated carbocycles. The standard InChI is InChI=1S/C21H18ClNO4S/c22-18-11-13-19(14-12-18)23-21(24)20(17-9-5-2-6-10-17)27-28(25,26)15-16-7-3-1-4-8-16/h1-14,20H,15H2,(H,23,24)/t20-/m0/s1. The van der Waals surface area contributed by atoms with Crippen molar-refractivity contribution in [1.29, 1.82) is 0 Å². The van der Waals surface area contributed by atoms with Crippen LogP contribution in [0.15, 0.2) is 84.9 Å². The Bertz CT molecular complexity index is 1020. The van der Waals surface area contributed by atoms with Crippen LogP contribution in [0.2, 0.25) is 5.02 Å². The van der Waals surface area contributed by atoms with Crippen molar-refractivity contribution in [2.45, 2.75) is 11.9 Å². The number of halogens is 1. The van der Waals surface area contributed by atoms with Gasteiger partial charge in [0.25, 0.3) is 16.0 Å². The zero-order chi connectivity index (χ0) is 20.0. The third-order valence-electron chi connectivity index (χ3n) is 3.88. The van der Waals surface area contributed by atoms with Gasteiger partial charge in [-0.25, -0.2) is 0 Å². The van der Waals surface area contributed by atoms with Gasteiger partial charge in [-0.05, 0) is 35.4 Å². The second kappa shape index (κ2) is 9.01. The molecule has 3 aromatic carbocycles. The first kappa shape index (κ1) is 20.1. The molecule has 144 valence electrons. The number of benzene rings is 3. The van der Waals surface area contributed by atoms with Crippen LogP contribution in [0.4, 0.5) is 5.69 Å². The summed E-state index contributed by atoms with van der Waals surface area (Å²) in [4.78, 5) is 12.8. The largest absolute Gasteiger partial charge is 0.323 e. The van der Waals surface area contributed by atoms with E-state index in [0.29, 0.717) is 21.8 Å². The molecule has 5 nitrogen and oxygen atoms in total. The van der Waals surface area contributed by atoms with Gasteiger partial charge in [-0.15, -0.1) is 0 Å². The first-order valence-electron chi connectivity index (χ1n) is 8.49. The summed E-state index contributed by atoms with van der Waals surface area (Å²) in [7, 11) is -4.01. The summed E-state index contributed by atoms with van der Waals surface area (Å²) < 4.78 is 30.5. The first-order chi connectivity index (χ1) is 13.4. The van der Waals surface area contributed by atoms with Crippen molar-refractivity contribution in [3.8, 4) is 0 Å². The molecule has 0 radical (unpaired) electrons. The molecule has 0 bridgehead atoms. The Morgan fingerprint density at radius 1 is 0.893 bits per heavy atom. The molecule has 0 aliphatic rings. The van der Waals surface area contributed by atoms with E-state index in [-0.39, 0.29) is 5.75 Å². The number of amides is 1. The number of rotatable bonds is 7. The van der Waals surface area contributed by atoms with E-state index in [1.165, 1.54) is 0 Å². The highest BCUT2D eigenvalue weighted by Gasteiger charge is 2.28. The summed E-state index contributed by atoms with van der Waals surface area (Å²) in [6.07, 6.45) is -1.31. The van der Waals surface area contributed by atoms with E-state index in [0.717, 1.165) is 0 Å². The van der Waals surface area contributed by atoms with Crippen molar-refractivity contribution in [2.75, 3.05) is 5.32 Å². The van der Waals surface area contributed by atoms with E-state index in [4.69, 9.17) is 15.8 Å². The van der Waals surface area contributed by atoms with Gasteiger partial charge >= 0.3 is 0 Å². The third kappa shape index (κ3) is 5.66. The lowest BCUT2D eigenvalue weighted by molar-refractivity contribution is -0.122. The smallest absolute Gasteiger partial charge is 0.272 e. The molecule has 0 aliphatic heterocycles. The molecule has 0 unspecified atom stereocenters. The fraction of sp³-hybridized carbons (Fsp3) is 0.0952. The van der Waals surface area contributed by atoms with Crippen molar-refractivity contribution in [3.05, 3.63) is 101 Å². The number of carbonyl (C=O) groups is 1. The minimum atomic E-state index is -4.01. The van der Waals surface area contributed by atoms with E-state index in [1.54, 1.807) is 84.9 Å². The van der Waals surface area contributed by atoms with Crippen molar-refractivity contribution in [2.24, 2.45) is 0 Å². The minimum absolute atomic E-state index is 0.328. The predicted molar refractivity (Wildman–Crippen MR) is 109 cm³/mol. The molecule has 0 spiro atoms. The molecule has 1 atom stereocenters. The molecule has 0 fully saturated rings. The molecular weight excluding hydrogens is 398 g/mol. The molecule has 28 heavy (non-hydrogen) atoms. The van der Waals surface area contributed by atoms with Crippen LogP contribution < -0.4 is 5.32 Å². The molecule has 1 N–H and O–H groups in total. The van der Waals surface area contributed by atoms with Crippen LogP contribution >= 0.6 is 11.6 Å². The maximum atomic E-state index is 12.8. The predicted octanol–water partition coefficient (Wildman–Crippen LogP) is 4.57. The zero-order valence-electron chi connectivity index (χ0n) is 14.8. The highest BCUT2D eigenvalue weighted by atomic mass is 35.5. The topological polar surface area (TPSA) is 72.5 Å². The van der Waals surface area contributed by atoms with Gasteiger partial charge in [-0.2, -0.15) is 8.42 Å². The highest BCUT2D eigenvalue weighted by Crippen LogP contribution is 2.24. The highest BCUT2D eigenvalue weighted by molar-refractivity contribution is 7.85. The SMILES string of the molecule is O=C(Nc1ccc(Cl)cc1)[C@@H](OS(=O)(=O)Cc1ccccc1)c1ccccc1. The van der Waals surface area contributed by atoms with Crippen LogP contribution in [-0.4, -0.2) is 14.3 Å². The Morgan fingerprint density at radius 3 is 2.07 bits per heavy atom. The second-order valence-corrected chi connectivity index (χ2v) is 8.10. The lowest BCUT2D eigenvalue weighted by Gasteiger charge is -2.18. The molecule has 0 aromatic heterocycles. The van der Waals surface area contributed by atoms with E-state index < -0.39 is 22.1 Å². The average molecular weight is 416 g/mol. The molecule has 0 saturated heterocycles. The van der Waals surface area contributed by atoms with E-state index in [2.05, 4.69) is 5.32 Å². The monoisotopic (exact) mass is 415 g/mol. The van der Waals surface area contributed by atoms with Crippen molar-refractivity contribution in [1.82, 2.24) is 0 Å². The van der Waals surface area contributed by atoms with Crippen LogP contribution in [0.5, 0.6) is 0 Å². The second-order valence-electron chi connectivity index (χ2n) is 6.07. The number of nitrogens with one attached hydrogen (secondary N) is 1. The first-order valence-corrected chi connectivity index (χ1v) is 10.4. The summed E-state index contributed by atoms with van der Waals surface area (Å²) in [6, 6.07) is 23.6. The van der Waals surface area contributed by atoms with Gasteiger partial charge in [0.05, 0.1) is 0 Å². The van der Waals surface area contributed by atoms with E-state index >= 15 is 0 Å². The average Bonchev–Trinajstić information content (AvgIpc) is 2.69. The number of carbonyl (C=O) groups excluding carboxylic acids is 1. The molecule has 1 amide bonds. The lowest BCUT2D eigenvalue weighted by Crippen LogP contribution is -2.26. The van der Waals surface area contributed by atoms with Gasteiger partial charge in [0.1, 0.15) is 5.75 Å². The van der Waals surface area contributed by atoms with Gasteiger partial charge < -0.3 is 5.32 Å². The fourth-order valence-electron chi connectivity index (χ4n) is 2.58. The normalized spacial score (nSPS) is 12.3. The van der Waals surface area contributed by atoms with Gasteiger partial charge in [0, 0.05) is 10.7 Å². The van der Waals surface area contributed by atoms with Crippen LogP contribution in [0.25, 0.3) is 0 Å². The summed E-state index contributed by atoms with van der Waals surface area (Å²) in [6.45, 7) is 0. The van der Waals surface area contributed by atoms with Crippen LogP contribution in [-0.2, 0) is 24.8 Å². The Morgan fingerprint density at radius 2 is 1.46 bits per heavy atom. The minimum Gasteiger partial charge on any atom is -0.323 e. The van der Waals surface area contributed by atoms with Crippen LogP contribution in [0.3, 0.4) is 0 Å². The van der Waals surface area contributed by atoms with Gasteiger partial charge in [-0.3, -0.25) is 8.98 Å². The fourth-order valence-corrected chi connectivity index (χ4v) is 3.86. The summed E-state index contributed by atoms with van der Waals surface area (Å²) in [5.41, 5.74) is 1.50. The maximum absolute atomic E-state index is 12.8. The Hall–Kier alpha value is -2.67. The van der Waals surface area contributed by atoms with E-state index in [9.17, 15) is 13.2 Å². The summed E-state index contributed by atoms with van der Waals surface area (Å²) >= 11 is 5.85. The lowest BCUT2D eigenvalue weighted by atomic mass is 10.1. The molecule has 0 aliphatic carbocycles. The number of anilines is 1. The van der Waals surface area contributed by atoms with Crippen LogP contribution in [0, 0.1) is 0 Å². The Kier molecular flexibility index (Phi) is 6.46. The maximum Gasteiger partial charge on any atom is 0.272 e. The van der Waals surface area contributed by atoms with Crippen LogP contribution in [0.1, 0.15) is 17.2 Å². The van der Waals surface area contributed by atoms with Gasteiger partial charge in [-0.1, -0.05) is 72.3 Å². The third-order valence-corrected chi connectivity index (χ3v) is 5.31. The van der Waals surface area contributed by atoms with Crippen molar-refractivity contribution >= 4 is 33.3 Å². The molecule has 3 aromatic rings. The summed E-state index contributed by atoms with van der Waals surface area (Å²) in [5, 5.41) is 3.19. The van der Waals surface area contributed by atoms with Crippen molar-refractivity contribution in [3.63, 3.8) is 0 Å². The van der Waals surface area contributed by atoms with Gasteiger partial charge in [0.15, 0.2) is 6.10 Å². The number of hydrogen-bond acceptors (Lipinski definition) is 4. The van der Waals surface area contributed by atoms with Crippen molar-refractivity contribution < 1.29 is 17.4 Å². The quantitative estimate of drug-likeness (QED) is 0.574. The molecule has 3 rings (SSSR count). The summed E-state index contributed by atoms with van der Waals surface area (Å²) in [5.74, 6) is -0.920. The Labute approximate surface area is 169 Å². The number of hydrogen-bond donors (Lipinski definition) is 1.